The number of nitrogens with one attached hydrogen (secondary N) is 1. The molecule has 1 fully saturated rings. The number of nitrogens with zero attached hydrogens (tertiary/aromatic N) is 3. The molecule has 1 saturated heterocycles. The van der Waals surface area contributed by atoms with E-state index in [0.29, 0.717) is 17.9 Å². The molecule has 0 atom stereocenters. The van der Waals surface area contributed by atoms with Crippen molar-refractivity contribution in [3.8, 4) is 0 Å². The average molecular weight is 379 g/mol. The van der Waals surface area contributed by atoms with Gasteiger partial charge in [-0.15, -0.1) is 0 Å². The van der Waals surface area contributed by atoms with Gasteiger partial charge in [-0.2, -0.15) is 4.73 Å². The van der Waals surface area contributed by atoms with Crippen LogP contribution in [-0.2, 0) is 0 Å². The molecule has 154 valence electrons. The van der Waals surface area contributed by atoms with Gasteiger partial charge in [0.25, 0.3) is 0 Å². The zero-order valence-corrected chi connectivity index (χ0v) is 16.7. The minimum absolute atomic E-state index is 0.621. The monoisotopic (exact) mass is 378 g/mol. The maximum Gasteiger partial charge on any atom is 0.167 e. The lowest BCUT2D eigenvalue weighted by molar-refractivity contribution is 0.177. The van der Waals surface area contributed by atoms with Crippen LogP contribution in [0.4, 0.5) is 11.5 Å². The third-order valence-electron chi connectivity index (χ3n) is 5.05. The second-order valence-corrected chi connectivity index (χ2v) is 7.32. The van der Waals surface area contributed by atoms with Crippen molar-refractivity contribution in [3.05, 3.63) is 17.6 Å². The Morgan fingerprint density at radius 3 is 2.33 bits per heavy atom. The summed E-state index contributed by atoms with van der Waals surface area (Å²) in [7, 11) is 0. The predicted molar refractivity (Wildman–Crippen MR) is 112 cm³/mol. The Hall–Kier alpha value is -1.73. The maximum absolute atomic E-state index is 10.6. The van der Waals surface area contributed by atoms with Gasteiger partial charge in [-0.25, -0.2) is 0 Å². The molecular weight excluding hydrogens is 340 g/mol. The van der Waals surface area contributed by atoms with E-state index in [1.807, 2.05) is 12.1 Å². The van der Waals surface area contributed by atoms with Gasteiger partial charge in [-0.05, 0) is 58.0 Å². The number of nitrogens with two attached hydrogens (primary N) is 2. The molecule has 1 aromatic rings. The number of rotatable bonds is 12. The summed E-state index contributed by atoms with van der Waals surface area (Å²) in [6, 6.07) is 4.05. The first kappa shape index (κ1) is 21.6. The summed E-state index contributed by atoms with van der Waals surface area (Å²) in [5, 5.41) is 14.0. The van der Waals surface area contributed by atoms with Crippen LogP contribution < -0.4 is 27.2 Å². The Labute approximate surface area is 163 Å². The highest BCUT2D eigenvalue weighted by Gasteiger charge is 2.14. The fourth-order valence-corrected chi connectivity index (χ4v) is 3.42. The van der Waals surface area contributed by atoms with Crippen LogP contribution >= 0.6 is 0 Å². The third kappa shape index (κ3) is 7.42. The van der Waals surface area contributed by atoms with Crippen LogP contribution in [0.5, 0.6) is 0 Å². The van der Waals surface area contributed by atoms with E-state index in [1.165, 1.54) is 24.0 Å². The van der Waals surface area contributed by atoms with Gasteiger partial charge in [0.1, 0.15) is 5.82 Å². The number of unbranched alkanes of at least 4 members (excludes halogenated alkanes) is 4. The summed E-state index contributed by atoms with van der Waals surface area (Å²) in [4.78, 5) is 7.04. The van der Waals surface area contributed by atoms with E-state index in [-0.39, 0.29) is 0 Å². The summed E-state index contributed by atoms with van der Waals surface area (Å²) < 4.78 is 1.19. The first-order valence-corrected chi connectivity index (χ1v) is 10.6. The summed E-state index contributed by atoms with van der Waals surface area (Å²) in [6.07, 6.45) is 10.0. The molecule has 0 amide bonds. The fraction of sp³-hybridized carbons (Fsp3) is 0.750. The first-order valence-electron chi connectivity index (χ1n) is 10.6. The van der Waals surface area contributed by atoms with Crippen LogP contribution in [0.3, 0.4) is 0 Å². The van der Waals surface area contributed by atoms with Crippen LogP contribution in [0, 0.1) is 0 Å². The van der Waals surface area contributed by atoms with Crippen LogP contribution in [0.2, 0.25) is 0 Å². The molecule has 0 aromatic carbocycles. The van der Waals surface area contributed by atoms with Crippen molar-refractivity contribution in [2.45, 2.75) is 57.8 Å². The second kappa shape index (κ2) is 12.6. The number of pyridine rings is 1. The Bertz CT molecular complexity index is 595. The van der Waals surface area contributed by atoms with Gasteiger partial charge in [0.2, 0.25) is 0 Å². The zero-order valence-electron chi connectivity index (χ0n) is 16.7. The lowest BCUT2D eigenvalue weighted by Gasteiger charge is -2.29. The second-order valence-electron chi connectivity index (χ2n) is 7.32. The summed E-state index contributed by atoms with van der Waals surface area (Å²) in [6.45, 7) is 5.13. The standard InChI is InChI=1S/C20H38N6O/c21-10-4-1-6-12-23-19-16-18(25-14-8-3-9-15-25)17-20(26(19)27)24-13-7-2-5-11-22/h16-17,23,27H,1-15,21-22H2. The number of hydrogen-bond acceptors (Lipinski definition) is 6. The molecule has 0 bridgehead atoms. The molecule has 7 heteroatoms. The van der Waals surface area contributed by atoms with Crippen molar-refractivity contribution in [1.29, 1.82) is 0 Å². The molecule has 1 aliphatic rings. The summed E-state index contributed by atoms with van der Waals surface area (Å²) in [5.41, 5.74) is 12.9. The third-order valence-corrected chi connectivity index (χ3v) is 5.05. The molecule has 1 aromatic heterocycles. The molecule has 0 aliphatic carbocycles. The van der Waals surface area contributed by atoms with Crippen molar-refractivity contribution in [2.75, 3.05) is 49.5 Å². The van der Waals surface area contributed by atoms with Gasteiger partial charge in [-0.1, -0.05) is 12.8 Å². The highest BCUT2D eigenvalue weighted by molar-refractivity contribution is 5.54. The number of piperidine rings is 1. The van der Waals surface area contributed by atoms with Gasteiger partial charge in [0.15, 0.2) is 5.49 Å². The minimum atomic E-state index is 0.621. The fourth-order valence-electron chi connectivity index (χ4n) is 3.42. The Morgan fingerprint density at radius 1 is 0.926 bits per heavy atom. The lowest BCUT2D eigenvalue weighted by Crippen LogP contribution is -2.32. The number of aromatic nitrogens is 1. The molecule has 0 radical (unpaired) electrons. The van der Waals surface area contributed by atoms with Gasteiger partial charge in [0.05, 0.1) is 0 Å². The SMILES string of the molecule is NCCCCCN=c1cc(N2CCCCC2)cc(NCCCCCN)n1O. The van der Waals surface area contributed by atoms with Crippen molar-refractivity contribution in [3.63, 3.8) is 0 Å². The Balaban J connectivity index is 2.11. The van der Waals surface area contributed by atoms with Crippen molar-refractivity contribution in [2.24, 2.45) is 16.5 Å². The van der Waals surface area contributed by atoms with E-state index in [0.717, 1.165) is 76.9 Å². The highest BCUT2D eigenvalue weighted by Crippen LogP contribution is 2.21. The normalized spacial score (nSPS) is 15.3. The molecule has 0 spiro atoms. The molecular formula is C20H38N6O. The van der Waals surface area contributed by atoms with E-state index in [2.05, 4.69) is 15.2 Å². The van der Waals surface area contributed by atoms with E-state index in [1.54, 1.807) is 0 Å². The van der Waals surface area contributed by atoms with Gasteiger partial charge in [0, 0.05) is 44.0 Å². The van der Waals surface area contributed by atoms with Crippen LogP contribution in [-0.4, -0.2) is 49.2 Å². The predicted octanol–water partition coefficient (Wildman–Crippen LogP) is 2.29. The molecule has 7 nitrogen and oxygen atoms in total. The number of hydrogen-bond donors (Lipinski definition) is 4. The minimum Gasteiger partial charge on any atom is -0.425 e. The summed E-state index contributed by atoms with van der Waals surface area (Å²) >= 11 is 0. The lowest BCUT2D eigenvalue weighted by atomic mass is 10.1. The van der Waals surface area contributed by atoms with Crippen LogP contribution in [0.1, 0.15) is 57.8 Å². The van der Waals surface area contributed by atoms with E-state index < -0.39 is 0 Å². The Morgan fingerprint density at radius 2 is 1.63 bits per heavy atom. The molecule has 2 heterocycles. The van der Waals surface area contributed by atoms with Crippen molar-refractivity contribution >= 4 is 11.5 Å². The van der Waals surface area contributed by atoms with E-state index >= 15 is 0 Å². The van der Waals surface area contributed by atoms with Crippen molar-refractivity contribution in [1.82, 2.24) is 4.73 Å². The molecule has 1 aliphatic heterocycles. The maximum atomic E-state index is 10.6. The quantitative estimate of drug-likeness (QED) is 0.330. The highest BCUT2D eigenvalue weighted by atomic mass is 16.5. The molecule has 0 unspecified atom stereocenters. The van der Waals surface area contributed by atoms with Crippen LogP contribution in [0.25, 0.3) is 0 Å². The number of anilines is 2. The van der Waals surface area contributed by atoms with E-state index in [4.69, 9.17) is 11.5 Å². The topological polar surface area (TPSA) is 105 Å². The zero-order chi connectivity index (χ0) is 19.3. The first-order chi connectivity index (χ1) is 13.3. The summed E-state index contributed by atoms with van der Waals surface area (Å²) in [5.74, 6) is 0.714. The Kier molecular flexibility index (Phi) is 10.1. The smallest absolute Gasteiger partial charge is 0.167 e. The average Bonchev–Trinajstić information content (AvgIpc) is 2.70. The van der Waals surface area contributed by atoms with Gasteiger partial charge < -0.3 is 26.9 Å². The largest absolute Gasteiger partial charge is 0.425 e. The molecule has 0 saturated carbocycles. The van der Waals surface area contributed by atoms with Crippen molar-refractivity contribution < 1.29 is 5.21 Å². The van der Waals surface area contributed by atoms with E-state index in [9.17, 15) is 5.21 Å². The molecule has 27 heavy (non-hydrogen) atoms. The van der Waals surface area contributed by atoms with Gasteiger partial charge >= 0.3 is 0 Å². The van der Waals surface area contributed by atoms with Gasteiger partial charge in [-0.3, -0.25) is 4.99 Å². The molecule has 2 rings (SSSR count). The molecule has 6 N–H and O–H groups in total. The van der Waals surface area contributed by atoms with Crippen LogP contribution in [0.15, 0.2) is 17.1 Å².